The van der Waals surface area contributed by atoms with Crippen LogP contribution < -0.4 is 5.32 Å². The maximum Gasteiger partial charge on any atom is 0.125 e. The minimum absolute atomic E-state index is 0.377. The maximum absolute atomic E-state index is 9.94. The lowest BCUT2D eigenvalue weighted by Crippen LogP contribution is -2.24. The van der Waals surface area contributed by atoms with Crippen molar-refractivity contribution in [2.24, 2.45) is 7.05 Å². The van der Waals surface area contributed by atoms with Gasteiger partial charge in [0.25, 0.3) is 0 Å². The largest absolute Gasteiger partial charge is 0.507 e. The number of aromatic nitrogens is 1. The molecular formula is C14H20N2O. The Morgan fingerprint density at radius 2 is 2.12 bits per heavy atom. The van der Waals surface area contributed by atoms with Crippen LogP contribution in [0.25, 0.3) is 10.9 Å². The molecule has 92 valence electrons. The lowest BCUT2D eigenvalue weighted by molar-refractivity contribution is 0.481. The molecule has 0 amide bonds. The maximum atomic E-state index is 9.94. The lowest BCUT2D eigenvalue weighted by atomic mass is 10.1. The Bertz CT molecular complexity index is 514. The molecule has 0 aliphatic carbocycles. The number of hydrogen-bond acceptors (Lipinski definition) is 2. The predicted octanol–water partition coefficient (Wildman–Crippen LogP) is 2.42. The zero-order chi connectivity index (χ0) is 12.4. The summed E-state index contributed by atoms with van der Waals surface area (Å²) in [5, 5.41) is 14.3. The minimum atomic E-state index is 0.377. The van der Waals surface area contributed by atoms with Gasteiger partial charge in [0.2, 0.25) is 0 Å². The van der Waals surface area contributed by atoms with E-state index in [4.69, 9.17) is 0 Å². The van der Waals surface area contributed by atoms with Gasteiger partial charge in [-0.1, -0.05) is 19.9 Å². The summed E-state index contributed by atoms with van der Waals surface area (Å²) in [6, 6.07) is 6.17. The molecule has 2 N–H and O–H groups in total. The van der Waals surface area contributed by atoms with Crippen LogP contribution in [0.2, 0.25) is 0 Å². The van der Waals surface area contributed by atoms with Gasteiger partial charge in [0, 0.05) is 24.7 Å². The van der Waals surface area contributed by atoms with Crippen molar-refractivity contribution in [1.82, 2.24) is 9.88 Å². The number of nitrogens with zero attached hydrogens (tertiary/aromatic N) is 1. The molecule has 0 aliphatic rings. The van der Waals surface area contributed by atoms with E-state index < -0.39 is 0 Å². The second kappa shape index (κ2) is 4.80. The van der Waals surface area contributed by atoms with Crippen molar-refractivity contribution in [3.8, 4) is 5.75 Å². The van der Waals surface area contributed by atoms with Crippen molar-refractivity contribution in [2.45, 2.75) is 26.3 Å². The molecule has 0 saturated carbocycles. The van der Waals surface area contributed by atoms with Crippen molar-refractivity contribution in [1.29, 1.82) is 0 Å². The first-order chi connectivity index (χ1) is 8.09. The normalized spacial score (nSPS) is 11.5. The van der Waals surface area contributed by atoms with Crippen molar-refractivity contribution < 1.29 is 5.11 Å². The highest BCUT2D eigenvalue weighted by molar-refractivity contribution is 5.89. The topological polar surface area (TPSA) is 37.2 Å². The number of aromatic hydroxyl groups is 1. The fraction of sp³-hybridized carbons (Fsp3) is 0.429. The molecule has 17 heavy (non-hydrogen) atoms. The molecule has 0 spiro atoms. The van der Waals surface area contributed by atoms with Gasteiger partial charge in [0.05, 0.1) is 5.52 Å². The SMILES string of the molecule is CC(C)NCCc1cn(C)c2cccc(O)c12. The predicted molar refractivity (Wildman–Crippen MR) is 71.4 cm³/mol. The van der Waals surface area contributed by atoms with Gasteiger partial charge in [-0.15, -0.1) is 0 Å². The summed E-state index contributed by atoms with van der Waals surface area (Å²) in [7, 11) is 2.02. The first-order valence-corrected chi connectivity index (χ1v) is 6.09. The van der Waals surface area contributed by atoms with E-state index >= 15 is 0 Å². The van der Waals surface area contributed by atoms with E-state index in [1.54, 1.807) is 6.07 Å². The number of aryl methyl sites for hydroxylation is 1. The number of hydrogen-bond donors (Lipinski definition) is 2. The molecule has 0 unspecified atom stereocenters. The van der Waals surface area contributed by atoms with Gasteiger partial charge in [-0.05, 0) is 30.7 Å². The third-order valence-corrected chi connectivity index (χ3v) is 3.02. The summed E-state index contributed by atoms with van der Waals surface area (Å²) in [4.78, 5) is 0. The van der Waals surface area contributed by atoms with Crippen molar-refractivity contribution in [3.05, 3.63) is 30.0 Å². The van der Waals surface area contributed by atoms with Gasteiger partial charge >= 0.3 is 0 Å². The first kappa shape index (κ1) is 12.0. The van der Waals surface area contributed by atoms with Crippen molar-refractivity contribution in [2.75, 3.05) is 6.54 Å². The molecule has 1 aromatic heterocycles. The Morgan fingerprint density at radius 3 is 2.82 bits per heavy atom. The highest BCUT2D eigenvalue weighted by Gasteiger charge is 2.09. The van der Waals surface area contributed by atoms with Crippen LogP contribution in [0, 0.1) is 0 Å². The number of phenols is 1. The molecule has 0 bridgehead atoms. The van der Waals surface area contributed by atoms with Crippen LogP contribution in [0.4, 0.5) is 0 Å². The van der Waals surface area contributed by atoms with Gasteiger partial charge in [-0.2, -0.15) is 0 Å². The minimum Gasteiger partial charge on any atom is -0.507 e. The van der Waals surface area contributed by atoms with Crippen molar-refractivity contribution >= 4 is 10.9 Å². The van der Waals surface area contributed by atoms with E-state index in [0.717, 1.165) is 23.9 Å². The van der Waals surface area contributed by atoms with Gasteiger partial charge < -0.3 is 15.0 Å². The second-order valence-electron chi connectivity index (χ2n) is 4.80. The van der Waals surface area contributed by atoms with Crippen LogP contribution in [0.1, 0.15) is 19.4 Å². The smallest absolute Gasteiger partial charge is 0.125 e. The van der Waals surface area contributed by atoms with Crippen molar-refractivity contribution in [3.63, 3.8) is 0 Å². The summed E-state index contributed by atoms with van der Waals surface area (Å²) >= 11 is 0. The average molecular weight is 232 g/mol. The molecule has 0 radical (unpaired) electrons. The Hall–Kier alpha value is -1.48. The Balaban J connectivity index is 2.28. The van der Waals surface area contributed by atoms with Crippen LogP contribution in [-0.4, -0.2) is 22.3 Å². The fourth-order valence-corrected chi connectivity index (χ4v) is 2.20. The quantitative estimate of drug-likeness (QED) is 0.849. The first-order valence-electron chi connectivity index (χ1n) is 6.09. The van der Waals surface area contributed by atoms with E-state index in [0.29, 0.717) is 11.8 Å². The summed E-state index contributed by atoms with van der Waals surface area (Å²) in [5.74, 6) is 0.377. The third kappa shape index (κ3) is 2.44. The van der Waals surface area contributed by atoms with Gasteiger partial charge in [0.15, 0.2) is 0 Å². The van der Waals surface area contributed by atoms with Crippen LogP contribution >= 0.6 is 0 Å². The van der Waals surface area contributed by atoms with E-state index in [-0.39, 0.29) is 0 Å². The van der Waals surface area contributed by atoms with Crippen LogP contribution in [-0.2, 0) is 13.5 Å². The van der Waals surface area contributed by atoms with E-state index in [2.05, 4.69) is 29.9 Å². The zero-order valence-corrected chi connectivity index (χ0v) is 10.7. The molecule has 0 fully saturated rings. The molecular weight excluding hydrogens is 212 g/mol. The lowest BCUT2D eigenvalue weighted by Gasteiger charge is -2.07. The molecule has 1 aromatic carbocycles. The van der Waals surface area contributed by atoms with Crippen LogP contribution in [0.5, 0.6) is 5.75 Å². The van der Waals surface area contributed by atoms with Gasteiger partial charge in [-0.3, -0.25) is 0 Å². The number of rotatable bonds is 4. The van der Waals surface area contributed by atoms with Crippen LogP contribution in [0.15, 0.2) is 24.4 Å². The summed E-state index contributed by atoms with van der Waals surface area (Å²) < 4.78 is 2.07. The monoisotopic (exact) mass is 232 g/mol. The number of fused-ring (bicyclic) bond motifs is 1. The second-order valence-corrected chi connectivity index (χ2v) is 4.80. The number of benzene rings is 1. The molecule has 0 aliphatic heterocycles. The molecule has 0 saturated heterocycles. The number of phenolic OH excluding ortho intramolecular Hbond substituents is 1. The highest BCUT2D eigenvalue weighted by Crippen LogP contribution is 2.29. The molecule has 2 rings (SSSR count). The van der Waals surface area contributed by atoms with E-state index in [1.165, 1.54) is 5.56 Å². The van der Waals surface area contributed by atoms with Gasteiger partial charge in [0.1, 0.15) is 5.75 Å². The van der Waals surface area contributed by atoms with E-state index in [1.807, 2.05) is 19.2 Å². The molecule has 0 atom stereocenters. The summed E-state index contributed by atoms with van der Waals surface area (Å²) in [6.45, 7) is 5.21. The molecule has 3 heteroatoms. The van der Waals surface area contributed by atoms with Gasteiger partial charge in [-0.25, -0.2) is 0 Å². The Labute approximate surface area is 102 Å². The average Bonchev–Trinajstić information content (AvgIpc) is 2.57. The Kier molecular flexibility index (Phi) is 3.38. The molecule has 3 nitrogen and oxygen atoms in total. The summed E-state index contributed by atoms with van der Waals surface area (Å²) in [5.41, 5.74) is 2.29. The molecule has 1 heterocycles. The van der Waals surface area contributed by atoms with Crippen LogP contribution in [0.3, 0.4) is 0 Å². The molecule has 2 aromatic rings. The number of nitrogens with one attached hydrogen (secondary N) is 1. The fourth-order valence-electron chi connectivity index (χ4n) is 2.20. The van der Waals surface area contributed by atoms with E-state index in [9.17, 15) is 5.11 Å². The highest BCUT2D eigenvalue weighted by atomic mass is 16.3. The summed E-state index contributed by atoms with van der Waals surface area (Å²) in [6.07, 6.45) is 3.04. The Morgan fingerprint density at radius 1 is 1.35 bits per heavy atom. The standard InChI is InChI=1S/C14H20N2O/c1-10(2)15-8-7-11-9-16(3)12-5-4-6-13(17)14(11)12/h4-6,9-10,15,17H,7-8H2,1-3H3. The zero-order valence-electron chi connectivity index (χ0n) is 10.7. The third-order valence-electron chi connectivity index (χ3n) is 3.02.